The summed E-state index contributed by atoms with van der Waals surface area (Å²) in [5, 5.41) is 3.32. The van der Waals surface area contributed by atoms with Crippen LogP contribution in [0.25, 0.3) is 0 Å². The summed E-state index contributed by atoms with van der Waals surface area (Å²) in [4.78, 5) is 0. The van der Waals surface area contributed by atoms with Crippen molar-refractivity contribution in [3.8, 4) is 0 Å². The molecule has 0 aliphatic carbocycles. The van der Waals surface area contributed by atoms with Crippen molar-refractivity contribution in [2.45, 2.75) is 37.8 Å². The molecule has 2 nitrogen and oxygen atoms in total. The highest BCUT2D eigenvalue weighted by atomic mass is 32.2. The Bertz CT molecular complexity index is 365. The summed E-state index contributed by atoms with van der Waals surface area (Å²) >= 11 is 0. The van der Waals surface area contributed by atoms with Crippen LogP contribution in [0.15, 0.2) is 24.3 Å². The topological polar surface area (TPSA) is 29.1 Å². The van der Waals surface area contributed by atoms with Gasteiger partial charge >= 0.3 is 0 Å². The molecule has 1 N–H and O–H groups in total. The van der Waals surface area contributed by atoms with Crippen molar-refractivity contribution in [2.24, 2.45) is 0 Å². The van der Waals surface area contributed by atoms with Gasteiger partial charge in [0.1, 0.15) is 0 Å². The van der Waals surface area contributed by atoms with E-state index in [4.69, 9.17) is 0 Å². The number of nitrogens with one attached hydrogen (secondary N) is 1. The molecule has 0 aliphatic heterocycles. The molecule has 0 bridgehead atoms. The largest absolute Gasteiger partial charge is 0.316 e. The minimum atomic E-state index is -0.816. The summed E-state index contributed by atoms with van der Waals surface area (Å²) in [6, 6.07) is 8.52. The van der Waals surface area contributed by atoms with Gasteiger partial charge in [0.25, 0.3) is 0 Å². The van der Waals surface area contributed by atoms with Crippen LogP contribution in [0.4, 0.5) is 0 Å². The van der Waals surface area contributed by atoms with Crippen molar-refractivity contribution in [3.05, 3.63) is 35.4 Å². The fourth-order valence-electron chi connectivity index (χ4n) is 1.56. The lowest BCUT2D eigenvalue weighted by Crippen LogP contribution is -2.36. The zero-order chi connectivity index (χ0) is 12.1. The molecule has 0 radical (unpaired) electrons. The molecule has 90 valence electrons. The molecule has 0 spiro atoms. The second kappa shape index (κ2) is 6.16. The minimum Gasteiger partial charge on any atom is -0.316 e. The van der Waals surface area contributed by atoms with Crippen LogP contribution >= 0.6 is 0 Å². The molecule has 0 aliphatic rings. The van der Waals surface area contributed by atoms with E-state index >= 15 is 0 Å². The van der Waals surface area contributed by atoms with E-state index in [1.54, 1.807) is 0 Å². The molecule has 0 amide bonds. The molecule has 0 saturated carbocycles. The predicted molar refractivity (Wildman–Crippen MR) is 71.0 cm³/mol. The van der Waals surface area contributed by atoms with Crippen LogP contribution < -0.4 is 5.32 Å². The van der Waals surface area contributed by atoms with E-state index in [2.05, 4.69) is 31.3 Å². The van der Waals surface area contributed by atoms with Crippen molar-refractivity contribution < 1.29 is 4.21 Å². The Hall–Kier alpha value is -0.670. The highest BCUT2D eigenvalue weighted by Crippen LogP contribution is 2.11. The van der Waals surface area contributed by atoms with E-state index < -0.39 is 10.8 Å². The molecule has 0 fully saturated rings. The van der Waals surface area contributed by atoms with Gasteiger partial charge in [0.15, 0.2) is 0 Å². The maximum atomic E-state index is 12.1. The average Bonchev–Trinajstić information content (AvgIpc) is 2.27. The lowest BCUT2D eigenvalue weighted by molar-refractivity contribution is 0.583. The molecule has 0 aromatic heterocycles. The van der Waals surface area contributed by atoms with Crippen LogP contribution in [0.3, 0.4) is 0 Å². The quantitative estimate of drug-likeness (QED) is 0.854. The molecule has 1 rings (SSSR count). The first-order valence-electron chi connectivity index (χ1n) is 5.64. The second-order valence-corrected chi connectivity index (χ2v) is 6.09. The van der Waals surface area contributed by atoms with Crippen LogP contribution in [0, 0.1) is 6.92 Å². The van der Waals surface area contributed by atoms with E-state index in [-0.39, 0.29) is 11.3 Å². The summed E-state index contributed by atoms with van der Waals surface area (Å²) in [7, 11) is 1.09. The normalized spacial score (nSPS) is 16.8. The van der Waals surface area contributed by atoms with Gasteiger partial charge in [0.05, 0.1) is 0 Å². The third kappa shape index (κ3) is 3.72. The molecule has 1 aromatic carbocycles. The first kappa shape index (κ1) is 13.4. The van der Waals surface area contributed by atoms with E-state index in [0.29, 0.717) is 5.75 Å². The smallest absolute Gasteiger partial charge is 0.0489 e. The number of hydrogen-bond donors (Lipinski definition) is 1. The van der Waals surface area contributed by atoms with Crippen molar-refractivity contribution in [3.63, 3.8) is 0 Å². The fourth-order valence-corrected chi connectivity index (χ4v) is 2.92. The van der Waals surface area contributed by atoms with Crippen LogP contribution in [0.1, 0.15) is 25.0 Å². The van der Waals surface area contributed by atoms with E-state index in [1.165, 1.54) is 5.56 Å². The third-order valence-corrected chi connectivity index (χ3v) is 4.82. The summed E-state index contributed by atoms with van der Waals surface area (Å²) in [5.74, 6) is 0.648. The predicted octanol–water partition coefficient (Wildman–Crippen LogP) is 2.24. The lowest BCUT2D eigenvalue weighted by Gasteiger charge is -2.18. The first-order valence-corrected chi connectivity index (χ1v) is 7.02. The lowest BCUT2D eigenvalue weighted by atomic mass is 10.2. The zero-order valence-corrected chi connectivity index (χ0v) is 11.3. The van der Waals surface area contributed by atoms with Gasteiger partial charge in [-0.1, -0.05) is 29.8 Å². The van der Waals surface area contributed by atoms with E-state index in [9.17, 15) is 4.21 Å². The fraction of sp³-hybridized carbons (Fsp3) is 0.538. The summed E-state index contributed by atoms with van der Waals surface area (Å²) < 4.78 is 12.1. The Labute approximate surface area is 101 Å². The maximum Gasteiger partial charge on any atom is 0.0489 e. The summed E-state index contributed by atoms with van der Waals surface area (Å²) in [5.41, 5.74) is 2.39. The molecule has 3 heteroatoms. The molecule has 3 atom stereocenters. The summed E-state index contributed by atoms with van der Waals surface area (Å²) in [6.07, 6.45) is 0. The van der Waals surface area contributed by atoms with Gasteiger partial charge < -0.3 is 5.32 Å². The van der Waals surface area contributed by atoms with Crippen LogP contribution in [0.5, 0.6) is 0 Å². The number of benzene rings is 1. The van der Waals surface area contributed by atoms with E-state index in [1.807, 2.05) is 26.1 Å². The van der Waals surface area contributed by atoms with Gasteiger partial charge in [-0.05, 0) is 33.4 Å². The molecule has 1 aromatic rings. The highest BCUT2D eigenvalue weighted by Gasteiger charge is 2.17. The third-order valence-electron chi connectivity index (χ3n) is 2.97. The second-order valence-electron chi connectivity index (χ2n) is 4.30. The van der Waals surface area contributed by atoms with Crippen molar-refractivity contribution in [1.29, 1.82) is 0 Å². The van der Waals surface area contributed by atoms with Crippen LogP contribution in [-0.2, 0) is 16.6 Å². The molecular formula is C13H21NOS. The van der Waals surface area contributed by atoms with Crippen LogP contribution in [-0.4, -0.2) is 22.5 Å². The summed E-state index contributed by atoms with van der Waals surface area (Å²) in [6.45, 7) is 6.16. The molecular weight excluding hydrogens is 218 g/mol. The van der Waals surface area contributed by atoms with Gasteiger partial charge in [-0.2, -0.15) is 0 Å². The highest BCUT2D eigenvalue weighted by molar-refractivity contribution is 7.84. The molecule has 16 heavy (non-hydrogen) atoms. The Morgan fingerprint density at radius 2 is 2.06 bits per heavy atom. The standard InChI is InChI=1S/C13H21NOS/c1-10-6-5-7-13(8-10)9-16(15)12(3)11(2)14-4/h5-8,11-12,14H,9H2,1-4H3. The van der Waals surface area contributed by atoms with Gasteiger partial charge in [-0.3, -0.25) is 4.21 Å². The molecule has 0 heterocycles. The van der Waals surface area contributed by atoms with Crippen molar-refractivity contribution in [1.82, 2.24) is 5.32 Å². The van der Waals surface area contributed by atoms with Gasteiger partial charge in [-0.25, -0.2) is 0 Å². The van der Waals surface area contributed by atoms with Gasteiger partial charge in [0, 0.05) is 27.8 Å². The molecule has 0 saturated heterocycles. The number of hydrogen-bond acceptors (Lipinski definition) is 2. The Kier molecular flexibility index (Phi) is 5.16. The van der Waals surface area contributed by atoms with Crippen molar-refractivity contribution in [2.75, 3.05) is 7.05 Å². The van der Waals surface area contributed by atoms with Crippen LogP contribution in [0.2, 0.25) is 0 Å². The van der Waals surface area contributed by atoms with E-state index in [0.717, 1.165) is 5.56 Å². The zero-order valence-electron chi connectivity index (χ0n) is 10.5. The Balaban J connectivity index is 2.64. The minimum absolute atomic E-state index is 0.172. The number of rotatable bonds is 5. The maximum absolute atomic E-state index is 12.1. The van der Waals surface area contributed by atoms with Gasteiger partial charge in [0.2, 0.25) is 0 Å². The first-order chi connectivity index (χ1) is 7.54. The molecule has 3 unspecified atom stereocenters. The monoisotopic (exact) mass is 239 g/mol. The Morgan fingerprint density at radius 1 is 1.38 bits per heavy atom. The number of aryl methyl sites for hydroxylation is 1. The SMILES string of the molecule is CNC(C)C(C)S(=O)Cc1cccc(C)c1. The average molecular weight is 239 g/mol. The van der Waals surface area contributed by atoms with Gasteiger partial charge in [-0.15, -0.1) is 0 Å². The Morgan fingerprint density at radius 3 is 2.62 bits per heavy atom. The van der Waals surface area contributed by atoms with Crippen molar-refractivity contribution >= 4 is 10.8 Å².